The van der Waals surface area contributed by atoms with Crippen molar-refractivity contribution in [2.75, 3.05) is 25.9 Å². The average molecular weight is 328 g/mol. The Morgan fingerprint density at radius 3 is 2.79 bits per heavy atom. The van der Waals surface area contributed by atoms with Gasteiger partial charge in [0.1, 0.15) is 0 Å². The highest BCUT2D eigenvalue weighted by Crippen LogP contribution is 2.19. The molecule has 0 saturated heterocycles. The summed E-state index contributed by atoms with van der Waals surface area (Å²) in [6.45, 7) is 5.94. The summed E-state index contributed by atoms with van der Waals surface area (Å²) in [5, 5.41) is 2.91. The molecule has 0 spiro atoms. The van der Waals surface area contributed by atoms with E-state index in [1.165, 1.54) is 0 Å². The van der Waals surface area contributed by atoms with Crippen molar-refractivity contribution >= 4 is 27.5 Å². The van der Waals surface area contributed by atoms with Crippen LogP contribution in [0.4, 0.5) is 5.69 Å². The Hall–Kier alpha value is -1.07. The highest BCUT2D eigenvalue weighted by molar-refractivity contribution is 9.10. The molecule has 106 valence electrons. The van der Waals surface area contributed by atoms with Crippen molar-refractivity contribution < 1.29 is 4.79 Å². The van der Waals surface area contributed by atoms with E-state index in [2.05, 4.69) is 47.0 Å². The number of nitrogens with zero attached hydrogens (tertiary/aromatic N) is 1. The largest absolute Gasteiger partial charge is 0.399 e. The Morgan fingerprint density at radius 2 is 2.16 bits per heavy atom. The van der Waals surface area contributed by atoms with Crippen LogP contribution < -0.4 is 11.1 Å². The van der Waals surface area contributed by atoms with Crippen LogP contribution in [0.1, 0.15) is 30.6 Å². The van der Waals surface area contributed by atoms with Gasteiger partial charge in [-0.25, -0.2) is 0 Å². The Bertz CT molecular complexity index is 435. The first-order valence-corrected chi connectivity index (χ1v) is 7.24. The van der Waals surface area contributed by atoms with E-state index < -0.39 is 0 Å². The lowest BCUT2D eigenvalue weighted by atomic mass is 10.2. The van der Waals surface area contributed by atoms with Gasteiger partial charge in [0.2, 0.25) is 0 Å². The summed E-state index contributed by atoms with van der Waals surface area (Å²) in [6.07, 6.45) is 0.931. The Balaban J connectivity index is 2.41. The molecule has 0 aliphatic heterocycles. The highest BCUT2D eigenvalue weighted by atomic mass is 79.9. The van der Waals surface area contributed by atoms with Crippen LogP contribution in [0.25, 0.3) is 0 Å². The second-order valence-electron chi connectivity index (χ2n) is 4.92. The number of nitrogens with two attached hydrogens (primary N) is 1. The minimum absolute atomic E-state index is 0.0913. The lowest BCUT2D eigenvalue weighted by Crippen LogP contribution is -2.31. The topological polar surface area (TPSA) is 58.4 Å². The van der Waals surface area contributed by atoms with Crippen molar-refractivity contribution in [3.63, 3.8) is 0 Å². The normalized spacial score (nSPS) is 11.1. The molecule has 0 atom stereocenters. The number of amides is 1. The second kappa shape index (κ2) is 7.50. The van der Waals surface area contributed by atoms with E-state index >= 15 is 0 Å². The summed E-state index contributed by atoms with van der Waals surface area (Å²) in [5.41, 5.74) is 6.86. The van der Waals surface area contributed by atoms with Crippen LogP contribution in [0, 0.1) is 0 Å². The molecular weight excluding hydrogens is 306 g/mol. The van der Waals surface area contributed by atoms with Gasteiger partial charge < -0.3 is 16.0 Å². The molecule has 1 amide bonds. The van der Waals surface area contributed by atoms with Gasteiger partial charge in [-0.3, -0.25) is 4.79 Å². The number of anilines is 1. The fourth-order valence-corrected chi connectivity index (χ4v) is 2.03. The van der Waals surface area contributed by atoms with Gasteiger partial charge in [-0.15, -0.1) is 0 Å². The zero-order valence-corrected chi connectivity index (χ0v) is 13.3. The van der Waals surface area contributed by atoms with Crippen molar-refractivity contribution in [3.8, 4) is 0 Å². The quantitative estimate of drug-likeness (QED) is 0.623. The molecule has 19 heavy (non-hydrogen) atoms. The minimum atomic E-state index is -0.0913. The van der Waals surface area contributed by atoms with Gasteiger partial charge in [-0.1, -0.05) is 0 Å². The van der Waals surface area contributed by atoms with Gasteiger partial charge in [0.05, 0.1) is 5.56 Å². The third-order valence-corrected chi connectivity index (χ3v) is 3.78. The van der Waals surface area contributed by atoms with E-state index in [-0.39, 0.29) is 5.91 Å². The maximum absolute atomic E-state index is 12.0. The van der Waals surface area contributed by atoms with Crippen molar-refractivity contribution in [1.82, 2.24) is 10.2 Å². The molecule has 0 fully saturated rings. The molecule has 1 aromatic carbocycles. The molecule has 0 aliphatic rings. The lowest BCUT2D eigenvalue weighted by Gasteiger charge is -2.20. The second-order valence-corrected chi connectivity index (χ2v) is 5.78. The zero-order chi connectivity index (χ0) is 14.4. The predicted molar refractivity (Wildman–Crippen MR) is 83.3 cm³/mol. The first-order chi connectivity index (χ1) is 8.91. The first kappa shape index (κ1) is 16.0. The Labute approximate surface area is 123 Å². The fourth-order valence-electron chi connectivity index (χ4n) is 1.60. The zero-order valence-electron chi connectivity index (χ0n) is 11.7. The first-order valence-electron chi connectivity index (χ1n) is 6.45. The molecule has 1 rings (SSSR count). The van der Waals surface area contributed by atoms with E-state index in [4.69, 9.17) is 5.73 Å². The molecule has 0 radical (unpaired) electrons. The maximum atomic E-state index is 12.0. The smallest absolute Gasteiger partial charge is 0.252 e. The van der Waals surface area contributed by atoms with Gasteiger partial charge >= 0.3 is 0 Å². The standard InChI is InChI=1S/C14H22BrN3O/c1-10(2)18(3)8-4-7-17-14(19)12-9-11(16)5-6-13(12)15/h5-6,9-10H,4,7-8,16H2,1-3H3,(H,17,19). The van der Waals surface area contributed by atoms with Crippen LogP contribution in [-0.4, -0.2) is 37.0 Å². The summed E-state index contributed by atoms with van der Waals surface area (Å²) < 4.78 is 0.762. The number of benzene rings is 1. The Kier molecular flexibility index (Phi) is 6.31. The highest BCUT2D eigenvalue weighted by Gasteiger charge is 2.10. The van der Waals surface area contributed by atoms with E-state index in [1.54, 1.807) is 18.2 Å². The van der Waals surface area contributed by atoms with Crippen molar-refractivity contribution in [3.05, 3.63) is 28.2 Å². The van der Waals surface area contributed by atoms with Gasteiger partial charge in [-0.05, 0) is 68.0 Å². The SMILES string of the molecule is CC(C)N(C)CCCNC(=O)c1cc(N)ccc1Br. The average Bonchev–Trinajstić information content (AvgIpc) is 2.36. The van der Waals surface area contributed by atoms with Gasteiger partial charge in [0.15, 0.2) is 0 Å². The predicted octanol–water partition coefficient (Wildman–Crippen LogP) is 2.49. The fraction of sp³-hybridized carbons (Fsp3) is 0.500. The summed E-state index contributed by atoms with van der Waals surface area (Å²) in [7, 11) is 2.08. The van der Waals surface area contributed by atoms with Crippen LogP contribution in [0.2, 0.25) is 0 Å². The maximum Gasteiger partial charge on any atom is 0.252 e. The molecule has 5 heteroatoms. The molecule has 0 heterocycles. The number of rotatable bonds is 6. The number of hydrogen-bond acceptors (Lipinski definition) is 3. The molecule has 4 nitrogen and oxygen atoms in total. The molecule has 0 aromatic heterocycles. The molecular formula is C14H22BrN3O. The van der Waals surface area contributed by atoms with E-state index in [9.17, 15) is 4.79 Å². The van der Waals surface area contributed by atoms with Gasteiger partial charge in [-0.2, -0.15) is 0 Å². The van der Waals surface area contributed by atoms with Crippen LogP contribution in [-0.2, 0) is 0 Å². The molecule has 0 bridgehead atoms. The third kappa shape index (κ3) is 5.20. The summed E-state index contributed by atoms with van der Waals surface area (Å²) in [5.74, 6) is -0.0913. The number of hydrogen-bond donors (Lipinski definition) is 2. The van der Waals surface area contributed by atoms with Crippen molar-refractivity contribution in [1.29, 1.82) is 0 Å². The summed E-state index contributed by atoms with van der Waals surface area (Å²) in [4.78, 5) is 14.2. The van der Waals surface area contributed by atoms with Gasteiger partial charge in [0.25, 0.3) is 5.91 Å². The van der Waals surface area contributed by atoms with Crippen LogP contribution >= 0.6 is 15.9 Å². The Morgan fingerprint density at radius 1 is 1.47 bits per heavy atom. The summed E-state index contributed by atoms with van der Waals surface area (Å²) in [6, 6.07) is 5.76. The number of nitrogen functional groups attached to an aromatic ring is 1. The third-order valence-electron chi connectivity index (χ3n) is 3.09. The van der Waals surface area contributed by atoms with Crippen molar-refractivity contribution in [2.45, 2.75) is 26.3 Å². The van der Waals surface area contributed by atoms with Gasteiger partial charge in [0, 0.05) is 22.7 Å². The van der Waals surface area contributed by atoms with E-state index in [0.29, 0.717) is 23.8 Å². The van der Waals surface area contributed by atoms with Crippen molar-refractivity contribution in [2.24, 2.45) is 0 Å². The number of carbonyl (C=O) groups is 1. The summed E-state index contributed by atoms with van der Waals surface area (Å²) >= 11 is 3.36. The molecule has 0 aliphatic carbocycles. The molecule has 3 N–H and O–H groups in total. The molecule has 1 aromatic rings. The molecule has 0 unspecified atom stereocenters. The molecule has 0 saturated carbocycles. The van der Waals surface area contributed by atoms with E-state index in [0.717, 1.165) is 17.4 Å². The number of halogens is 1. The van der Waals surface area contributed by atoms with E-state index in [1.807, 2.05) is 0 Å². The number of carbonyl (C=O) groups excluding carboxylic acids is 1. The lowest BCUT2D eigenvalue weighted by molar-refractivity contribution is 0.0951. The minimum Gasteiger partial charge on any atom is -0.399 e. The monoisotopic (exact) mass is 327 g/mol. The van der Waals surface area contributed by atoms with Crippen LogP contribution in [0.15, 0.2) is 22.7 Å². The van der Waals surface area contributed by atoms with Crippen LogP contribution in [0.3, 0.4) is 0 Å². The van der Waals surface area contributed by atoms with Crippen LogP contribution in [0.5, 0.6) is 0 Å². The number of nitrogens with one attached hydrogen (secondary N) is 1.